The lowest BCUT2D eigenvalue weighted by atomic mass is 9.56. The van der Waals surface area contributed by atoms with Gasteiger partial charge in [0.05, 0.1) is 47.6 Å². The highest BCUT2D eigenvalue weighted by molar-refractivity contribution is 5.93. The Morgan fingerprint density at radius 3 is 1.35 bits per heavy atom. The SMILES string of the molecule is CC(C)C12CN(N=O)CC(C(C)C)(CN(N=O)C1)C2=O. The maximum atomic E-state index is 13.1. The zero-order valence-corrected chi connectivity index (χ0v) is 12.5. The summed E-state index contributed by atoms with van der Waals surface area (Å²) in [4.78, 5) is 35.2. The van der Waals surface area contributed by atoms with E-state index in [2.05, 4.69) is 10.6 Å². The van der Waals surface area contributed by atoms with Crippen LogP contribution in [0.1, 0.15) is 27.7 Å². The quantitative estimate of drug-likeness (QED) is 0.735. The summed E-state index contributed by atoms with van der Waals surface area (Å²) in [5.41, 5.74) is -1.49. The standard InChI is InChI=1S/C13H22N4O3/c1-9(2)12-5-16(14-19)7-13(10(3)4,11(12)18)8-17(6-12)15-20/h9-10H,5-8H2,1-4H3. The van der Waals surface area contributed by atoms with Crippen LogP contribution in [-0.4, -0.2) is 42.0 Å². The first kappa shape index (κ1) is 14.9. The average molecular weight is 282 g/mol. The van der Waals surface area contributed by atoms with Crippen molar-refractivity contribution in [2.75, 3.05) is 26.2 Å². The summed E-state index contributed by atoms with van der Waals surface area (Å²) in [7, 11) is 0. The van der Waals surface area contributed by atoms with Gasteiger partial charge in [-0.2, -0.15) is 0 Å². The van der Waals surface area contributed by atoms with E-state index < -0.39 is 10.8 Å². The highest BCUT2D eigenvalue weighted by atomic mass is 16.3. The smallest absolute Gasteiger partial charge is 0.153 e. The maximum absolute atomic E-state index is 13.1. The first-order valence-electron chi connectivity index (χ1n) is 7.04. The Morgan fingerprint density at radius 2 is 1.15 bits per heavy atom. The molecule has 2 aliphatic rings. The van der Waals surface area contributed by atoms with Crippen LogP contribution in [0.15, 0.2) is 10.6 Å². The van der Waals surface area contributed by atoms with Crippen LogP contribution >= 0.6 is 0 Å². The lowest BCUT2D eigenvalue weighted by molar-refractivity contribution is -0.172. The molecule has 0 saturated carbocycles. The second kappa shape index (κ2) is 4.79. The third-order valence-corrected chi connectivity index (χ3v) is 5.20. The van der Waals surface area contributed by atoms with Crippen molar-refractivity contribution in [1.29, 1.82) is 0 Å². The lowest BCUT2D eigenvalue weighted by Crippen LogP contribution is -2.71. The van der Waals surface area contributed by atoms with Crippen molar-refractivity contribution in [3.8, 4) is 0 Å². The molecule has 2 rings (SSSR count). The van der Waals surface area contributed by atoms with Crippen LogP contribution in [0.2, 0.25) is 0 Å². The van der Waals surface area contributed by atoms with Gasteiger partial charge in [0, 0.05) is 0 Å². The Hall–Kier alpha value is -1.53. The molecule has 2 heterocycles. The minimum Gasteiger partial charge on any atom is -0.298 e. The van der Waals surface area contributed by atoms with E-state index in [4.69, 9.17) is 0 Å². The van der Waals surface area contributed by atoms with Crippen molar-refractivity contribution in [1.82, 2.24) is 10.0 Å². The van der Waals surface area contributed by atoms with Gasteiger partial charge in [-0.15, -0.1) is 9.81 Å². The highest BCUT2D eigenvalue weighted by Crippen LogP contribution is 2.50. The van der Waals surface area contributed by atoms with Crippen LogP contribution in [0.5, 0.6) is 0 Å². The van der Waals surface area contributed by atoms with Crippen molar-refractivity contribution in [2.24, 2.45) is 33.2 Å². The molecule has 0 radical (unpaired) electrons. The summed E-state index contributed by atoms with van der Waals surface area (Å²) in [6.07, 6.45) is 0. The van der Waals surface area contributed by atoms with E-state index in [-0.39, 0.29) is 43.8 Å². The second-order valence-corrected chi connectivity index (χ2v) is 6.76. The van der Waals surface area contributed by atoms with Crippen LogP contribution < -0.4 is 0 Å². The fourth-order valence-corrected chi connectivity index (χ4v) is 3.67. The van der Waals surface area contributed by atoms with Gasteiger partial charge >= 0.3 is 0 Å². The number of hydrogen-bond donors (Lipinski definition) is 0. The summed E-state index contributed by atoms with van der Waals surface area (Å²) in [5.74, 6) is 0.194. The minimum absolute atomic E-state index is 0.0159. The first-order chi connectivity index (χ1) is 9.32. The predicted octanol–water partition coefficient (Wildman–Crippen LogP) is 1.83. The Labute approximate surface area is 118 Å². The number of carbonyl (C=O) groups is 1. The Balaban J connectivity index is 2.55. The molecule has 0 spiro atoms. The molecule has 0 atom stereocenters. The van der Waals surface area contributed by atoms with Gasteiger partial charge in [0.2, 0.25) is 0 Å². The van der Waals surface area contributed by atoms with Gasteiger partial charge in [0.25, 0.3) is 0 Å². The summed E-state index contributed by atoms with van der Waals surface area (Å²) in [6, 6.07) is 0. The molecule has 0 unspecified atom stereocenters. The van der Waals surface area contributed by atoms with Gasteiger partial charge in [-0.05, 0) is 11.8 Å². The highest BCUT2D eigenvalue weighted by Gasteiger charge is 2.63. The second-order valence-electron chi connectivity index (χ2n) is 6.76. The number of nitrogens with zero attached hydrogens (tertiary/aromatic N) is 4. The van der Waals surface area contributed by atoms with Crippen molar-refractivity contribution in [2.45, 2.75) is 27.7 Å². The summed E-state index contributed by atoms with van der Waals surface area (Å²) >= 11 is 0. The van der Waals surface area contributed by atoms with Crippen LogP contribution in [0.3, 0.4) is 0 Å². The molecule has 20 heavy (non-hydrogen) atoms. The monoisotopic (exact) mass is 282 g/mol. The third-order valence-electron chi connectivity index (χ3n) is 5.20. The van der Waals surface area contributed by atoms with Crippen molar-refractivity contribution < 1.29 is 4.79 Å². The fourth-order valence-electron chi connectivity index (χ4n) is 3.67. The minimum atomic E-state index is -0.747. The van der Waals surface area contributed by atoms with E-state index in [1.807, 2.05) is 27.7 Å². The van der Waals surface area contributed by atoms with E-state index in [9.17, 15) is 14.6 Å². The number of hydrogen-bond acceptors (Lipinski definition) is 5. The van der Waals surface area contributed by atoms with Gasteiger partial charge in [0.15, 0.2) is 5.78 Å². The zero-order chi connectivity index (χ0) is 15.1. The molecular weight excluding hydrogens is 260 g/mol. The van der Waals surface area contributed by atoms with Crippen molar-refractivity contribution in [3.05, 3.63) is 9.81 Å². The van der Waals surface area contributed by atoms with Gasteiger partial charge in [-0.25, -0.2) is 0 Å². The van der Waals surface area contributed by atoms with Crippen molar-refractivity contribution >= 4 is 5.78 Å². The van der Waals surface area contributed by atoms with E-state index in [1.165, 1.54) is 10.0 Å². The van der Waals surface area contributed by atoms with E-state index in [0.717, 1.165) is 0 Å². The Bertz CT molecular complexity index is 385. The van der Waals surface area contributed by atoms with Crippen molar-refractivity contribution in [3.63, 3.8) is 0 Å². The number of piperidine rings is 2. The summed E-state index contributed by atoms with van der Waals surface area (Å²) in [6.45, 7) is 8.89. The molecule has 2 bridgehead atoms. The number of rotatable bonds is 4. The molecule has 7 heteroatoms. The largest absolute Gasteiger partial charge is 0.298 e. The summed E-state index contributed by atoms with van der Waals surface area (Å²) < 4.78 is 0. The number of Topliss-reactive ketones (excluding diaryl/α,β-unsaturated/α-hetero) is 1. The molecule has 7 nitrogen and oxygen atoms in total. The van der Waals surface area contributed by atoms with Crippen LogP contribution in [0.4, 0.5) is 0 Å². The van der Waals surface area contributed by atoms with E-state index in [1.54, 1.807) is 0 Å². The van der Waals surface area contributed by atoms with Gasteiger partial charge in [-0.3, -0.25) is 14.8 Å². The van der Waals surface area contributed by atoms with Gasteiger partial charge < -0.3 is 0 Å². The molecule has 2 aliphatic heterocycles. The van der Waals surface area contributed by atoms with Crippen LogP contribution in [0.25, 0.3) is 0 Å². The average Bonchev–Trinajstić information content (AvgIpc) is 2.38. The predicted molar refractivity (Wildman–Crippen MR) is 74.3 cm³/mol. The topological polar surface area (TPSA) is 82.4 Å². The van der Waals surface area contributed by atoms with Crippen LogP contribution in [0, 0.1) is 32.5 Å². The van der Waals surface area contributed by atoms with Gasteiger partial charge in [-0.1, -0.05) is 27.7 Å². The van der Waals surface area contributed by atoms with Crippen LogP contribution in [-0.2, 0) is 4.79 Å². The third kappa shape index (κ3) is 1.83. The molecule has 0 amide bonds. The number of carbonyl (C=O) groups excluding carboxylic acids is 1. The fraction of sp³-hybridized carbons (Fsp3) is 0.923. The summed E-state index contributed by atoms with van der Waals surface area (Å²) in [5, 5.41) is 9.04. The molecule has 0 aliphatic carbocycles. The number of nitroso groups, excluding NO2 is 2. The van der Waals surface area contributed by atoms with Gasteiger partial charge in [0.1, 0.15) is 0 Å². The Kier molecular flexibility index (Phi) is 3.56. The van der Waals surface area contributed by atoms with E-state index >= 15 is 0 Å². The zero-order valence-electron chi connectivity index (χ0n) is 12.5. The lowest BCUT2D eigenvalue weighted by Gasteiger charge is -2.57. The molecule has 2 saturated heterocycles. The maximum Gasteiger partial charge on any atom is 0.153 e. The Morgan fingerprint density at radius 1 is 0.850 bits per heavy atom. The molecule has 0 aromatic rings. The number of fused-ring (bicyclic) bond motifs is 2. The molecule has 0 N–H and O–H groups in total. The normalized spacial score (nSPS) is 33.8. The molecule has 0 aromatic carbocycles. The number of ketones is 1. The van der Waals surface area contributed by atoms with E-state index in [0.29, 0.717) is 0 Å². The molecular formula is C13H22N4O3. The molecule has 0 aromatic heterocycles. The first-order valence-corrected chi connectivity index (χ1v) is 7.04. The molecule has 112 valence electrons. The molecule has 2 fully saturated rings.